The minimum absolute atomic E-state index is 0.329. The molecule has 1 N–H and O–H groups in total. The summed E-state index contributed by atoms with van der Waals surface area (Å²) in [6, 6.07) is 0. The van der Waals surface area contributed by atoms with Gasteiger partial charge in [0.1, 0.15) is 0 Å². The van der Waals surface area contributed by atoms with Gasteiger partial charge in [0.05, 0.1) is 12.5 Å². The van der Waals surface area contributed by atoms with Gasteiger partial charge in [0.15, 0.2) is 0 Å². The van der Waals surface area contributed by atoms with Gasteiger partial charge in [0, 0.05) is 19.1 Å². The van der Waals surface area contributed by atoms with E-state index in [4.69, 9.17) is 5.11 Å². The van der Waals surface area contributed by atoms with E-state index in [1.54, 1.807) is 0 Å². The van der Waals surface area contributed by atoms with E-state index in [9.17, 15) is 14.4 Å². The van der Waals surface area contributed by atoms with E-state index in [1.165, 1.54) is 6.92 Å². The monoisotopic (exact) mass is 228 g/mol. The zero-order chi connectivity index (χ0) is 13.0. The van der Waals surface area contributed by atoms with E-state index in [0.29, 0.717) is 6.08 Å². The Morgan fingerprint density at radius 3 is 1.81 bits per heavy atom. The van der Waals surface area contributed by atoms with Crippen molar-refractivity contribution in [2.45, 2.75) is 6.92 Å². The van der Waals surface area contributed by atoms with E-state index >= 15 is 0 Å². The molecule has 0 unspecified atom stereocenters. The van der Waals surface area contributed by atoms with Crippen LogP contribution >= 0.6 is 0 Å². The maximum atomic E-state index is 10.3. The molecule has 0 aliphatic carbocycles. The summed E-state index contributed by atoms with van der Waals surface area (Å²) in [4.78, 5) is 29.8. The van der Waals surface area contributed by atoms with Crippen LogP contribution in [0.5, 0.6) is 0 Å². The van der Waals surface area contributed by atoms with Crippen LogP contribution in [0.15, 0.2) is 37.8 Å². The van der Waals surface area contributed by atoms with Crippen LogP contribution in [0.4, 0.5) is 0 Å². The van der Waals surface area contributed by atoms with Crippen molar-refractivity contribution in [3.05, 3.63) is 37.8 Å². The number of rotatable bonds is 4. The Hall–Kier alpha value is -2.37. The maximum absolute atomic E-state index is 10.3. The Bertz CT molecular complexity index is 302. The number of hydrogen-bond acceptors (Lipinski definition) is 5. The molecule has 0 bridgehead atoms. The van der Waals surface area contributed by atoms with Crippen molar-refractivity contribution in [3.8, 4) is 0 Å². The molecule has 0 atom stereocenters. The Morgan fingerprint density at radius 2 is 1.56 bits per heavy atom. The molecule has 0 spiro atoms. The van der Waals surface area contributed by atoms with Crippen LogP contribution in [-0.4, -0.2) is 23.0 Å². The van der Waals surface area contributed by atoms with Crippen molar-refractivity contribution >= 4 is 17.9 Å². The average molecular weight is 228 g/mol. The van der Waals surface area contributed by atoms with Crippen LogP contribution in [-0.2, 0) is 23.9 Å². The molecule has 0 amide bonds. The number of esters is 2. The van der Waals surface area contributed by atoms with Crippen LogP contribution in [0.3, 0.4) is 0 Å². The molecule has 6 heteroatoms. The number of hydrogen-bond donors (Lipinski definition) is 1. The summed E-state index contributed by atoms with van der Waals surface area (Å²) in [6.07, 6.45) is 3.51. The first kappa shape index (κ1) is 16.1. The summed E-state index contributed by atoms with van der Waals surface area (Å²) in [5.41, 5.74) is 0. The van der Waals surface area contributed by atoms with Crippen molar-refractivity contribution < 1.29 is 29.0 Å². The van der Waals surface area contributed by atoms with Gasteiger partial charge < -0.3 is 14.6 Å². The second kappa shape index (κ2) is 10.7. The lowest BCUT2D eigenvalue weighted by Gasteiger charge is -1.87. The van der Waals surface area contributed by atoms with Gasteiger partial charge in [-0.25, -0.2) is 9.59 Å². The molecule has 0 aliphatic rings. The predicted octanol–water partition coefficient (Wildman–Crippen LogP) is 1.01. The molecular weight excluding hydrogens is 216 g/mol. The Labute approximate surface area is 92.5 Å². The first-order valence-corrected chi connectivity index (χ1v) is 3.94. The summed E-state index contributed by atoms with van der Waals surface area (Å²) in [7, 11) is 0. The largest absolute Gasteiger partial charge is 0.478 e. The molecule has 0 saturated carbocycles. The first-order chi connectivity index (χ1) is 7.43. The number of carboxylic acids is 1. The topological polar surface area (TPSA) is 89.9 Å². The number of carboxylic acid groups (broad SMARTS) is 1. The molecule has 88 valence electrons. The van der Waals surface area contributed by atoms with E-state index in [0.717, 1.165) is 18.6 Å². The van der Waals surface area contributed by atoms with Crippen molar-refractivity contribution in [3.63, 3.8) is 0 Å². The third-order valence-corrected chi connectivity index (χ3v) is 0.811. The lowest BCUT2D eigenvalue weighted by atomic mass is 10.5. The highest BCUT2D eigenvalue weighted by Gasteiger charge is 1.93. The minimum atomic E-state index is -1.19. The van der Waals surface area contributed by atoms with Gasteiger partial charge in [-0.15, -0.1) is 0 Å². The van der Waals surface area contributed by atoms with Crippen LogP contribution in [0.25, 0.3) is 0 Å². The molecule has 0 aromatic rings. The zero-order valence-corrected chi connectivity index (χ0v) is 8.71. The third-order valence-electron chi connectivity index (χ3n) is 0.811. The van der Waals surface area contributed by atoms with E-state index in [-0.39, 0.29) is 5.97 Å². The Morgan fingerprint density at radius 1 is 1.06 bits per heavy atom. The predicted molar refractivity (Wildman–Crippen MR) is 55.0 cm³/mol. The standard InChI is InChI=1S/C6H6O4.C4H6O2/c1-2-10-6(9)4-3-5(7)8;1-3-6-4(2)5/h2-4H,1H2,(H,7,8);3H,1H2,2H3/b4-3-;. The fraction of sp³-hybridized carbons (Fsp3) is 0.100. The summed E-state index contributed by atoms with van der Waals surface area (Å²) in [5.74, 6) is -2.27. The van der Waals surface area contributed by atoms with Gasteiger partial charge in [-0.2, -0.15) is 0 Å². The van der Waals surface area contributed by atoms with Crippen LogP contribution in [0.2, 0.25) is 0 Å². The second-order valence-corrected chi connectivity index (χ2v) is 2.05. The molecule has 0 rings (SSSR count). The molecule has 0 aromatic carbocycles. The van der Waals surface area contributed by atoms with Crippen molar-refractivity contribution in [1.29, 1.82) is 0 Å². The van der Waals surface area contributed by atoms with Gasteiger partial charge in [-0.05, 0) is 0 Å². The quantitative estimate of drug-likeness (QED) is 0.438. The number of aliphatic carboxylic acids is 1. The highest BCUT2D eigenvalue weighted by molar-refractivity contribution is 5.90. The molecule has 0 radical (unpaired) electrons. The highest BCUT2D eigenvalue weighted by atomic mass is 16.5. The Balaban J connectivity index is 0. The minimum Gasteiger partial charge on any atom is -0.478 e. The van der Waals surface area contributed by atoms with Gasteiger partial charge >= 0.3 is 17.9 Å². The van der Waals surface area contributed by atoms with E-state index in [1.807, 2.05) is 0 Å². The van der Waals surface area contributed by atoms with Gasteiger partial charge in [0.2, 0.25) is 0 Å². The van der Waals surface area contributed by atoms with Crippen LogP contribution < -0.4 is 0 Å². The molecule has 0 fully saturated rings. The van der Waals surface area contributed by atoms with Crippen LogP contribution in [0, 0.1) is 0 Å². The van der Waals surface area contributed by atoms with Gasteiger partial charge in [0.25, 0.3) is 0 Å². The summed E-state index contributed by atoms with van der Waals surface area (Å²) in [5, 5.41) is 8.01. The number of ether oxygens (including phenoxy) is 2. The highest BCUT2D eigenvalue weighted by Crippen LogP contribution is 1.80. The molecule has 16 heavy (non-hydrogen) atoms. The van der Waals surface area contributed by atoms with Gasteiger partial charge in [-0.1, -0.05) is 13.2 Å². The molecule has 0 heterocycles. The molecule has 0 saturated heterocycles. The first-order valence-electron chi connectivity index (χ1n) is 3.94. The fourth-order valence-corrected chi connectivity index (χ4v) is 0.378. The SMILES string of the molecule is C=COC(=O)/C=C\C(=O)O.C=COC(C)=O. The lowest BCUT2D eigenvalue weighted by Crippen LogP contribution is -1.95. The van der Waals surface area contributed by atoms with Gasteiger partial charge in [-0.3, -0.25) is 4.79 Å². The normalized spacial score (nSPS) is 8.31. The third kappa shape index (κ3) is 17.6. The second-order valence-electron chi connectivity index (χ2n) is 2.05. The molecule has 0 aliphatic heterocycles. The zero-order valence-electron chi connectivity index (χ0n) is 8.71. The van der Waals surface area contributed by atoms with Crippen molar-refractivity contribution in [2.75, 3.05) is 0 Å². The number of carbonyl (C=O) groups is 3. The molecular formula is C10H12O6. The Kier molecular flexibility index (Phi) is 10.8. The van der Waals surface area contributed by atoms with E-state index in [2.05, 4.69) is 22.6 Å². The average Bonchev–Trinajstić information content (AvgIpc) is 2.16. The smallest absolute Gasteiger partial charge is 0.335 e. The van der Waals surface area contributed by atoms with E-state index < -0.39 is 11.9 Å². The van der Waals surface area contributed by atoms with Crippen LogP contribution in [0.1, 0.15) is 6.92 Å². The summed E-state index contributed by atoms with van der Waals surface area (Å²) in [6.45, 7) is 7.58. The lowest BCUT2D eigenvalue weighted by molar-refractivity contribution is -0.135. The summed E-state index contributed by atoms with van der Waals surface area (Å²) < 4.78 is 8.33. The molecule has 6 nitrogen and oxygen atoms in total. The summed E-state index contributed by atoms with van der Waals surface area (Å²) >= 11 is 0. The van der Waals surface area contributed by atoms with Crippen molar-refractivity contribution in [2.24, 2.45) is 0 Å². The number of carbonyl (C=O) groups excluding carboxylic acids is 2. The maximum Gasteiger partial charge on any atom is 0.335 e. The fourth-order valence-electron chi connectivity index (χ4n) is 0.378. The molecule has 0 aromatic heterocycles. The van der Waals surface area contributed by atoms with Crippen molar-refractivity contribution in [1.82, 2.24) is 0 Å².